The lowest BCUT2D eigenvalue weighted by molar-refractivity contribution is -0.156. The van der Waals surface area contributed by atoms with E-state index in [1.165, 1.54) is 19.8 Å². The highest BCUT2D eigenvalue weighted by atomic mass is 16.5. The number of carbonyl (C=O) groups excluding carboxylic acids is 4. The van der Waals surface area contributed by atoms with Gasteiger partial charge in [0.25, 0.3) is 11.8 Å². The first-order valence-electron chi connectivity index (χ1n) is 10.5. The lowest BCUT2D eigenvalue weighted by Gasteiger charge is -2.22. The highest BCUT2D eigenvalue weighted by molar-refractivity contribution is 6.08. The Hall–Kier alpha value is -2.90. The Labute approximate surface area is 176 Å². The van der Waals surface area contributed by atoms with Crippen LogP contribution in [0.1, 0.15) is 57.9 Å². The summed E-state index contributed by atoms with van der Waals surface area (Å²) < 4.78 is 5.19. The van der Waals surface area contributed by atoms with Crippen LogP contribution in [0.25, 0.3) is 0 Å². The number of hydrogen-bond acceptors (Lipinski definition) is 5. The van der Waals surface area contributed by atoms with Gasteiger partial charge in [-0.05, 0) is 32.3 Å². The van der Waals surface area contributed by atoms with E-state index >= 15 is 0 Å². The van der Waals surface area contributed by atoms with Crippen LogP contribution in [-0.2, 0) is 24.7 Å². The third-order valence-corrected chi connectivity index (χ3v) is 5.79. The maximum atomic E-state index is 12.8. The Kier molecular flexibility index (Phi) is 6.74. The minimum Gasteiger partial charge on any atom is -0.451 e. The van der Waals surface area contributed by atoms with Crippen molar-refractivity contribution >= 4 is 23.8 Å². The standard InChI is InChI=1S/C22H29N3O5/c1-15(19(27)23-17-12-8-3-4-9-13-17)30-18(26)14-25-20(28)22(2,24-21(25)29)16-10-6-5-7-11-16/h5-7,10-11,15,17H,3-4,8-9,12-14H2,1-2H3,(H,23,27)(H,24,29)/t15-,22+/m1/s1. The number of nitrogens with one attached hydrogen (secondary N) is 2. The monoisotopic (exact) mass is 415 g/mol. The zero-order valence-electron chi connectivity index (χ0n) is 17.5. The van der Waals surface area contributed by atoms with Crippen LogP contribution in [0.2, 0.25) is 0 Å². The van der Waals surface area contributed by atoms with Gasteiger partial charge in [-0.3, -0.25) is 19.3 Å². The van der Waals surface area contributed by atoms with Crippen LogP contribution in [0, 0.1) is 0 Å². The van der Waals surface area contributed by atoms with Crippen molar-refractivity contribution in [1.82, 2.24) is 15.5 Å². The number of nitrogens with zero attached hydrogens (tertiary/aromatic N) is 1. The van der Waals surface area contributed by atoms with Crippen LogP contribution < -0.4 is 10.6 Å². The highest BCUT2D eigenvalue weighted by Crippen LogP contribution is 2.28. The molecule has 0 bridgehead atoms. The van der Waals surface area contributed by atoms with E-state index in [2.05, 4.69) is 10.6 Å². The van der Waals surface area contributed by atoms with Gasteiger partial charge in [-0.15, -0.1) is 0 Å². The molecule has 0 unspecified atom stereocenters. The topological polar surface area (TPSA) is 105 Å². The quantitative estimate of drug-likeness (QED) is 0.421. The molecule has 1 saturated heterocycles. The number of benzene rings is 1. The van der Waals surface area contributed by atoms with Crippen LogP contribution >= 0.6 is 0 Å². The number of amides is 4. The average Bonchev–Trinajstić information content (AvgIpc) is 2.91. The molecule has 30 heavy (non-hydrogen) atoms. The molecule has 1 aliphatic heterocycles. The second-order valence-electron chi connectivity index (χ2n) is 8.14. The Morgan fingerprint density at radius 3 is 2.43 bits per heavy atom. The van der Waals surface area contributed by atoms with Crippen molar-refractivity contribution < 1.29 is 23.9 Å². The first kappa shape index (κ1) is 21.8. The van der Waals surface area contributed by atoms with Crippen molar-refractivity contribution in [2.24, 2.45) is 0 Å². The normalized spacial score (nSPS) is 23.5. The Balaban J connectivity index is 1.55. The van der Waals surface area contributed by atoms with Crippen molar-refractivity contribution in [3.63, 3.8) is 0 Å². The van der Waals surface area contributed by atoms with Crippen molar-refractivity contribution in [2.75, 3.05) is 6.54 Å². The van der Waals surface area contributed by atoms with Gasteiger partial charge in [-0.2, -0.15) is 0 Å². The van der Waals surface area contributed by atoms with Gasteiger partial charge in [0.2, 0.25) is 0 Å². The van der Waals surface area contributed by atoms with Gasteiger partial charge < -0.3 is 15.4 Å². The second kappa shape index (κ2) is 9.28. The average molecular weight is 415 g/mol. The molecule has 1 aromatic carbocycles. The lowest BCUT2D eigenvalue weighted by Crippen LogP contribution is -2.44. The summed E-state index contributed by atoms with van der Waals surface area (Å²) in [5.74, 6) is -1.70. The number of carbonyl (C=O) groups is 4. The van der Waals surface area contributed by atoms with E-state index in [1.54, 1.807) is 31.2 Å². The third kappa shape index (κ3) is 4.80. The fourth-order valence-corrected chi connectivity index (χ4v) is 3.97. The van der Waals surface area contributed by atoms with E-state index in [1.807, 2.05) is 6.07 Å². The van der Waals surface area contributed by atoms with E-state index in [4.69, 9.17) is 4.74 Å². The Morgan fingerprint density at radius 2 is 1.80 bits per heavy atom. The summed E-state index contributed by atoms with van der Waals surface area (Å²) in [6.07, 6.45) is 5.34. The number of imide groups is 1. The number of ether oxygens (including phenoxy) is 1. The molecule has 8 nitrogen and oxygen atoms in total. The molecule has 3 rings (SSSR count). The van der Waals surface area contributed by atoms with Crippen molar-refractivity contribution in [3.05, 3.63) is 35.9 Å². The molecule has 2 aliphatic rings. The highest BCUT2D eigenvalue weighted by Gasteiger charge is 2.49. The first-order chi connectivity index (χ1) is 14.3. The molecule has 162 valence electrons. The summed E-state index contributed by atoms with van der Waals surface area (Å²) in [6.45, 7) is 2.54. The third-order valence-electron chi connectivity index (χ3n) is 5.79. The van der Waals surface area contributed by atoms with Crippen LogP contribution in [0.15, 0.2) is 30.3 Å². The molecule has 2 N–H and O–H groups in total. The molecule has 1 saturated carbocycles. The van der Waals surface area contributed by atoms with Gasteiger partial charge in [-0.25, -0.2) is 4.79 Å². The van der Waals surface area contributed by atoms with Gasteiger partial charge >= 0.3 is 12.0 Å². The molecule has 0 spiro atoms. The second-order valence-corrected chi connectivity index (χ2v) is 8.14. The van der Waals surface area contributed by atoms with E-state index in [0.717, 1.165) is 30.6 Å². The van der Waals surface area contributed by atoms with Crippen molar-refractivity contribution in [2.45, 2.75) is 70.1 Å². The minimum atomic E-state index is -1.25. The number of hydrogen-bond donors (Lipinski definition) is 2. The van der Waals surface area contributed by atoms with Gasteiger partial charge in [0.15, 0.2) is 6.10 Å². The van der Waals surface area contributed by atoms with E-state index in [0.29, 0.717) is 5.56 Å². The summed E-state index contributed by atoms with van der Waals surface area (Å²) in [5.41, 5.74) is -0.628. The molecular weight excluding hydrogens is 386 g/mol. The molecule has 2 fully saturated rings. The molecule has 0 aromatic heterocycles. The number of esters is 1. The van der Waals surface area contributed by atoms with Crippen LogP contribution in [0.4, 0.5) is 4.79 Å². The van der Waals surface area contributed by atoms with Crippen molar-refractivity contribution in [1.29, 1.82) is 0 Å². The fourth-order valence-electron chi connectivity index (χ4n) is 3.97. The predicted molar refractivity (Wildman–Crippen MR) is 109 cm³/mol. The van der Waals surface area contributed by atoms with E-state index < -0.39 is 36.1 Å². The maximum absolute atomic E-state index is 12.8. The van der Waals surface area contributed by atoms with Crippen LogP contribution in [0.5, 0.6) is 0 Å². The van der Waals surface area contributed by atoms with Gasteiger partial charge in [0.05, 0.1) is 0 Å². The molecule has 2 atom stereocenters. The Bertz CT molecular complexity index is 804. The summed E-state index contributed by atoms with van der Waals surface area (Å²) in [7, 11) is 0. The SMILES string of the molecule is C[C@@H](OC(=O)CN1C(=O)N[C@@](C)(c2ccccc2)C1=O)C(=O)NC1CCCCCC1. The molecule has 1 heterocycles. The molecule has 8 heteroatoms. The fraction of sp³-hybridized carbons (Fsp3) is 0.545. The Morgan fingerprint density at radius 1 is 1.17 bits per heavy atom. The van der Waals surface area contributed by atoms with Gasteiger partial charge in [-0.1, -0.05) is 56.0 Å². The smallest absolute Gasteiger partial charge is 0.327 e. The lowest BCUT2D eigenvalue weighted by atomic mass is 9.92. The largest absolute Gasteiger partial charge is 0.451 e. The molecular formula is C22H29N3O5. The van der Waals surface area contributed by atoms with E-state index in [9.17, 15) is 19.2 Å². The molecule has 4 amide bonds. The zero-order chi connectivity index (χ0) is 21.7. The number of urea groups is 1. The first-order valence-corrected chi connectivity index (χ1v) is 10.5. The molecule has 1 aromatic rings. The van der Waals surface area contributed by atoms with Crippen LogP contribution in [-0.4, -0.2) is 47.4 Å². The van der Waals surface area contributed by atoms with Gasteiger partial charge in [0.1, 0.15) is 12.1 Å². The summed E-state index contributed by atoms with van der Waals surface area (Å²) in [5, 5.41) is 5.57. The molecule has 1 aliphatic carbocycles. The summed E-state index contributed by atoms with van der Waals surface area (Å²) >= 11 is 0. The van der Waals surface area contributed by atoms with Gasteiger partial charge in [0, 0.05) is 6.04 Å². The minimum absolute atomic E-state index is 0.0960. The van der Waals surface area contributed by atoms with Crippen molar-refractivity contribution in [3.8, 4) is 0 Å². The molecule has 0 radical (unpaired) electrons. The zero-order valence-corrected chi connectivity index (χ0v) is 17.5. The number of rotatable bonds is 6. The van der Waals surface area contributed by atoms with E-state index in [-0.39, 0.29) is 11.9 Å². The maximum Gasteiger partial charge on any atom is 0.327 e. The van der Waals surface area contributed by atoms with Crippen LogP contribution in [0.3, 0.4) is 0 Å². The predicted octanol–water partition coefficient (Wildman–Crippen LogP) is 2.22. The summed E-state index contributed by atoms with van der Waals surface area (Å²) in [4.78, 5) is 50.7. The summed E-state index contributed by atoms with van der Waals surface area (Å²) in [6, 6.07) is 8.25.